The second-order valence-corrected chi connectivity index (χ2v) is 7.05. The van der Waals surface area contributed by atoms with Gasteiger partial charge >= 0.3 is 0 Å². The molecule has 0 bridgehead atoms. The van der Waals surface area contributed by atoms with Crippen LogP contribution in [0.25, 0.3) is 11.1 Å². The van der Waals surface area contributed by atoms with Crippen LogP contribution in [0, 0.1) is 18.3 Å². The lowest BCUT2D eigenvalue weighted by molar-refractivity contribution is 0.111. The quantitative estimate of drug-likeness (QED) is 0.420. The maximum atomic E-state index is 12.0. The van der Waals surface area contributed by atoms with Gasteiger partial charge in [-0.1, -0.05) is 18.2 Å². The third-order valence-electron chi connectivity index (χ3n) is 5.44. The summed E-state index contributed by atoms with van der Waals surface area (Å²) in [5, 5.41) is 30.7. The fraction of sp³-hybridized carbons (Fsp3) is 0.200. The number of rotatable bonds is 7. The fourth-order valence-electron chi connectivity index (χ4n) is 3.83. The van der Waals surface area contributed by atoms with Crippen molar-refractivity contribution in [1.82, 2.24) is 0 Å². The Bertz CT molecular complexity index is 1200. The van der Waals surface area contributed by atoms with E-state index in [1.165, 1.54) is 21.3 Å². The van der Waals surface area contributed by atoms with Gasteiger partial charge in [-0.15, -0.1) is 0 Å². The standard InChI is InChI=1S/C25H23NO6/c1-14-23(17-8-6-5-7-15(17)12-26)18(20(13-27)25(29)24(14)28)11-19-21(31-3)9-16(30-2)10-22(19)32-4/h5-10,13,28-29H,11H2,1-4H3. The number of aldehydes is 1. The number of phenolic OH excluding ortho intramolecular Hbond substituents is 2. The second-order valence-electron chi connectivity index (χ2n) is 7.05. The number of benzene rings is 3. The molecule has 0 radical (unpaired) electrons. The molecule has 164 valence electrons. The van der Waals surface area contributed by atoms with Gasteiger partial charge < -0.3 is 24.4 Å². The van der Waals surface area contributed by atoms with Crippen LogP contribution in [0.3, 0.4) is 0 Å². The van der Waals surface area contributed by atoms with E-state index in [2.05, 4.69) is 6.07 Å². The number of aromatic hydroxyl groups is 2. The maximum Gasteiger partial charge on any atom is 0.168 e. The van der Waals surface area contributed by atoms with E-state index < -0.39 is 11.5 Å². The van der Waals surface area contributed by atoms with E-state index in [4.69, 9.17) is 14.2 Å². The molecule has 0 aromatic heterocycles. The lowest BCUT2D eigenvalue weighted by Gasteiger charge is -2.21. The van der Waals surface area contributed by atoms with Crippen molar-refractivity contribution in [3.63, 3.8) is 0 Å². The van der Waals surface area contributed by atoms with Crippen LogP contribution in [-0.4, -0.2) is 37.8 Å². The molecule has 2 N–H and O–H groups in total. The van der Waals surface area contributed by atoms with Gasteiger partial charge in [0.05, 0.1) is 38.5 Å². The monoisotopic (exact) mass is 433 g/mol. The van der Waals surface area contributed by atoms with E-state index in [0.29, 0.717) is 56.9 Å². The number of carbonyl (C=O) groups is 1. The van der Waals surface area contributed by atoms with E-state index in [9.17, 15) is 20.3 Å². The van der Waals surface area contributed by atoms with E-state index in [1.54, 1.807) is 43.3 Å². The first-order valence-corrected chi connectivity index (χ1v) is 9.72. The lowest BCUT2D eigenvalue weighted by atomic mass is 9.85. The third kappa shape index (κ3) is 3.79. The maximum absolute atomic E-state index is 12.0. The van der Waals surface area contributed by atoms with Crippen LogP contribution in [0.2, 0.25) is 0 Å². The van der Waals surface area contributed by atoms with Gasteiger partial charge in [-0.25, -0.2) is 0 Å². The molecular weight excluding hydrogens is 410 g/mol. The zero-order valence-electron chi connectivity index (χ0n) is 18.2. The van der Waals surface area contributed by atoms with Crippen LogP contribution in [0.15, 0.2) is 36.4 Å². The van der Waals surface area contributed by atoms with Crippen LogP contribution >= 0.6 is 0 Å². The van der Waals surface area contributed by atoms with Gasteiger partial charge in [0.25, 0.3) is 0 Å². The summed E-state index contributed by atoms with van der Waals surface area (Å²) < 4.78 is 16.4. The molecule has 0 aliphatic carbocycles. The summed E-state index contributed by atoms with van der Waals surface area (Å²) in [5.74, 6) is 0.521. The van der Waals surface area contributed by atoms with Gasteiger partial charge in [-0.2, -0.15) is 5.26 Å². The minimum absolute atomic E-state index is 0.0734. The summed E-state index contributed by atoms with van der Waals surface area (Å²) in [6.45, 7) is 1.62. The fourth-order valence-corrected chi connectivity index (χ4v) is 3.83. The van der Waals surface area contributed by atoms with Crippen LogP contribution in [0.1, 0.15) is 32.6 Å². The second kappa shape index (κ2) is 9.31. The third-order valence-corrected chi connectivity index (χ3v) is 5.44. The molecule has 3 rings (SSSR count). The van der Waals surface area contributed by atoms with Gasteiger partial charge in [-0.05, 0) is 24.1 Å². The number of carbonyl (C=O) groups excluding carboxylic acids is 1. The summed E-state index contributed by atoms with van der Waals surface area (Å²) in [6.07, 6.45) is 0.610. The van der Waals surface area contributed by atoms with Crippen molar-refractivity contribution in [3.05, 3.63) is 64.2 Å². The molecule has 0 unspecified atom stereocenters. The Morgan fingerprint density at radius 3 is 2.12 bits per heavy atom. The molecule has 7 nitrogen and oxygen atoms in total. The highest BCUT2D eigenvalue weighted by molar-refractivity contribution is 5.92. The summed E-state index contributed by atoms with van der Waals surface area (Å²) in [7, 11) is 4.53. The number of nitriles is 1. The van der Waals surface area contributed by atoms with Crippen molar-refractivity contribution >= 4 is 6.29 Å². The minimum Gasteiger partial charge on any atom is -0.504 e. The number of nitrogens with zero attached hydrogens (tertiary/aromatic N) is 1. The van der Waals surface area contributed by atoms with E-state index in [0.717, 1.165) is 0 Å². The first kappa shape index (κ1) is 22.5. The van der Waals surface area contributed by atoms with Crippen LogP contribution < -0.4 is 14.2 Å². The van der Waals surface area contributed by atoms with Gasteiger partial charge in [0.2, 0.25) is 0 Å². The molecule has 0 aliphatic rings. The van der Waals surface area contributed by atoms with Crippen molar-refractivity contribution in [3.8, 4) is 45.9 Å². The Hall–Kier alpha value is -4.18. The first-order valence-electron chi connectivity index (χ1n) is 9.72. The molecule has 3 aromatic rings. The van der Waals surface area contributed by atoms with Crippen LogP contribution in [-0.2, 0) is 6.42 Å². The Labute approximate surface area is 186 Å². The molecular formula is C25H23NO6. The first-order chi connectivity index (χ1) is 15.4. The summed E-state index contributed by atoms with van der Waals surface area (Å²) in [5.41, 5.74) is 2.70. The number of ether oxygens (including phenoxy) is 3. The van der Waals surface area contributed by atoms with Crippen molar-refractivity contribution in [2.75, 3.05) is 21.3 Å². The molecule has 0 amide bonds. The molecule has 0 atom stereocenters. The Kier molecular flexibility index (Phi) is 6.55. The van der Waals surface area contributed by atoms with Crippen molar-refractivity contribution < 1.29 is 29.2 Å². The predicted molar refractivity (Wildman–Crippen MR) is 119 cm³/mol. The zero-order valence-corrected chi connectivity index (χ0v) is 18.2. The Morgan fingerprint density at radius 2 is 1.59 bits per heavy atom. The Balaban J connectivity index is 2.40. The van der Waals surface area contributed by atoms with Gasteiger partial charge in [0, 0.05) is 35.2 Å². The number of phenols is 2. The largest absolute Gasteiger partial charge is 0.504 e. The normalized spacial score (nSPS) is 10.3. The van der Waals surface area contributed by atoms with Gasteiger partial charge in [-0.3, -0.25) is 4.79 Å². The number of methoxy groups -OCH3 is 3. The van der Waals surface area contributed by atoms with Gasteiger partial charge in [0.15, 0.2) is 17.8 Å². The zero-order chi connectivity index (χ0) is 23.4. The highest BCUT2D eigenvalue weighted by atomic mass is 16.5. The molecule has 0 heterocycles. The molecule has 0 aliphatic heterocycles. The van der Waals surface area contributed by atoms with Crippen LogP contribution in [0.5, 0.6) is 28.7 Å². The topological polar surface area (TPSA) is 109 Å². The SMILES string of the molecule is COc1cc(OC)c(Cc2c(C=O)c(O)c(O)c(C)c2-c2ccccc2C#N)c(OC)c1. The Morgan fingerprint density at radius 1 is 0.969 bits per heavy atom. The summed E-state index contributed by atoms with van der Waals surface area (Å²) in [4.78, 5) is 12.0. The lowest BCUT2D eigenvalue weighted by Crippen LogP contribution is -2.06. The molecule has 0 saturated heterocycles. The molecule has 3 aromatic carbocycles. The average Bonchev–Trinajstić information content (AvgIpc) is 2.83. The molecule has 0 saturated carbocycles. The molecule has 7 heteroatoms. The predicted octanol–water partition coefficient (Wildman–Crippen LogP) is 4.37. The average molecular weight is 433 g/mol. The summed E-state index contributed by atoms with van der Waals surface area (Å²) >= 11 is 0. The van der Waals surface area contributed by atoms with E-state index in [-0.39, 0.29) is 12.0 Å². The van der Waals surface area contributed by atoms with Gasteiger partial charge in [0.1, 0.15) is 17.2 Å². The van der Waals surface area contributed by atoms with E-state index >= 15 is 0 Å². The molecule has 0 spiro atoms. The number of hydrogen-bond acceptors (Lipinski definition) is 7. The highest BCUT2D eigenvalue weighted by Crippen LogP contribution is 2.45. The van der Waals surface area contributed by atoms with Crippen LogP contribution in [0.4, 0.5) is 0 Å². The highest BCUT2D eigenvalue weighted by Gasteiger charge is 2.26. The van der Waals surface area contributed by atoms with E-state index in [1.807, 2.05) is 0 Å². The minimum atomic E-state index is -0.517. The van der Waals surface area contributed by atoms with Crippen molar-refractivity contribution in [2.45, 2.75) is 13.3 Å². The van der Waals surface area contributed by atoms with Crippen molar-refractivity contribution in [2.24, 2.45) is 0 Å². The van der Waals surface area contributed by atoms with Crippen molar-refractivity contribution in [1.29, 1.82) is 5.26 Å². The smallest absolute Gasteiger partial charge is 0.168 e. The number of hydrogen-bond donors (Lipinski definition) is 2. The summed E-state index contributed by atoms with van der Waals surface area (Å²) in [6, 6.07) is 12.4. The molecule has 0 fully saturated rings. The molecule has 32 heavy (non-hydrogen) atoms.